The fraction of sp³-hybridized carbons (Fsp3) is 0.0435. The first kappa shape index (κ1) is 23.7. The third-order valence-electron chi connectivity index (χ3n) is 4.63. The van der Waals surface area contributed by atoms with E-state index in [2.05, 4.69) is 26.5 Å². The molecule has 4 aromatic rings. The van der Waals surface area contributed by atoms with Crippen LogP contribution >= 0.6 is 39.1 Å². The Morgan fingerprint density at radius 3 is 2.50 bits per heavy atom. The Morgan fingerprint density at radius 2 is 1.82 bits per heavy atom. The van der Waals surface area contributed by atoms with Crippen LogP contribution in [-0.4, -0.2) is 17.0 Å². The average Bonchev–Trinajstić information content (AvgIpc) is 3.22. The van der Waals surface area contributed by atoms with Crippen LogP contribution in [0.5, 0.6) is 5.75 Å². The van der Waals surface area contributed by atoms with Crippen LogP contribution in [-0.2, 0) is 6.61 Å². The van der Waals surface area contributed by atoms with Crippen LogP contribution in [0.2, 0.25) is 10.0 Å². The topological polar surface area (TPSA) is 107 Å². The van der Waals surface area contributed by atoms with Crippen molar-refractivity contribution in [2.24, 2.45) is 5.10 Å². The zero-order chi connectivity index (χ0) is 24.2. The quantitative estimate of drug-likeness (QED) is 0.152. The maximum atomic E-state index is 12.3. The standard InChI is InChI=1S/C23H14BrCl2N3O5/c24-16-3-6-20-15(9-16)10-21(34-20)23(30)28-27-11-14-7-18(25)22(19(26)8-14)33-12-13-1-4-17(5-2-13)29(31)32/h1-11H,12H2,(H,28,30)/b27-11+. The summed E-state index contributed by atoms with van der Waals surface area (Å²) in [6.45, 7) is 0.120. The first-order chi connectivity index (χ1) is 16.3. The Kier molecular flexibility index (Phi) is 7.16. The number of carbonyl (C=O) groups is 1. The van der Waals surface area contributed by atoms with Gasteiger partial charge in [0.15, 0.2) is 11.5 Å². The van der Waals surface area contributed by atoms with Crippen molar-refractivity contribution in [2.75, 3.05) is 0 Å². The lowest BCUT2D eigenvalue weighted by atomic mass is 10.2. The van der Waals surface area contributed by atoms with E-state index in [4.69, 9.17) is 32.4 Å². The van der Waals surface area contributed by atoms with Crippen molar-refractivity contribution in [1.82, 2.24) is 5.43 Å². The van der Waals surface area contributed by atoms with Gasteiger partial charge in [-0.15, -0.1) is 0 Å². The van der Waals surface area contributed by atoms with Crippen molar-refractivity contribution in [2.45, 2.75) is 6.61 Å². The number of fused-ring (bicyclic) bond motifs is 1. The zero-order valence-electron chi connectivity index (χ0n) is 17.1. The third kappa shape index (κ3) is 5.56. The van der Waals surface area contributed by atoms with Gasteiger partial charge in [-0.3, -0.25) is 14.9 Å². The molecule has 4 rings (SSSR count). The molecule has 1 N–H and O–H groups in total. The SMILES string of the molecule is O=C(N/N=C/c1cc(Cl)c(OCc2ccc([N+](=O)[O-])cc2)c(Cl)c1)c1cc2cc(Br)ccc2o1. The molecule has 0 radical (unpaired) electrons. The van der Waals surface area contributed by atoms with Crippen LogP contribution in [0.3, 0.4) is 0 Å². The summed E-state index contributed by atoms with van der Waals surface area (Å²) in [5.41, 5.74) is 4.21. The number of hydrogen-bond acceptors (Lipinski definition) is 6. The van der Waals surface area contributed by atoms with Crippen LogP contribution < -0.4 is 10.2 Å². The highest BCUT2D eigenvalue weighted by atomic mass is 79.9. The number of non-ortho nitro benzene ring substituents is 1. The number of halogens is 3. The molecule has 0 spiro atoms. The minimum atomic E-state index is -0.510. The van der Waals surface area contributed by atoms with E-state index in [0.29, 0.717) is 16.7 Å². The molecule has 0 saturated heterocycles. The lowest BCUT2D eigenvalue weighted by Crippen LogP contribution is -2.16. The molecule has 172 valence electrons. The van der Waals surface area contributed by atoms with Gasteiger partial charge in [0, 0.05) is 22.0 Å². The van der Waals surface area contributed by atoms with Gasteiger partial charge >= 0.3 is 5.91 Å². The van der Waals surface area contributed by atoms with E-state index in [1.807, 2.05) is 12.1 Å². The van der Waals surface area contributed by atoms with E-state index in [1.54, 1.807) is 36.4 Å². The van der Waals surface area contributed by atoms with Crippen LogP contribution in [0, 0.1) is 10.1 Å². The number of ether oxygens (including phenoxy) is 1. The van der Waals surface area contributed by atoms with Crippen LogP contribution in [0.25, 0.3) is 11.0 Å². The molecule has 0 aliphatic carbocycles. The minimum Gasteiger partial charge on any atom is -0.486 e. The second-order valence-corrected chi connectivity index (χ2v) is 8.75. The normalized spacial score (nSPS) is 11.1. The number of nitrogens with zero attached hydrogens (tertiary/aromatic N) is 2. The Morgan fingerprint density at radius 1 is 1.12 bits per heavy atom. The number of hydrazone groups is 1. The van der Waals surface area contributed by atoms with Gasteiger partial charge < -0.3 is 9.15 Å². The summed E-state index contributed by atoms with van der Waals surface area (Å²) in [6.07, 6.45) is 1.38. The molecule has 0 saturated carbocycles. The molecule has 0 fully saturated rings. The third-order valence-corrected chi connectivity index (χ3v) is 5.69. The number of rotatable bonds is 7. The van der Waals surface area contributed by atoms with E-state index in [0.717, 1.165) is 9.86 Å². The summed E-state index contributed by atoms with van der Waals surface area (Å²) in [5, 5.41) is 15.9. The monoisotopic (exact) mass is 561 g/mol. The van der Waals surface area contributed by atoms with Crippen molar-refractivity contribution in [3.8, 4) is 5.75 Å². The van der Waals surface area contributed by atoms with Crippen LogP contribution in [0.15, 0.2) is 74.7 Å². The van der Waals surface area contributed by atoms with Gasteiger partial charge in [0.25, 0.3) is 5.69 Å². The number of amides is 1. The Labute approximate surface area is 211 Å². The summed E-state index contributed by atoms with van der Waals surface area (Å²) >= 11 is 16.0. The number of carbonyl (C=O) groups excluding carboxylic acids is 1. The second-order valence-electron chi connectivity index (χ2n) is 7.02. The maximum Gasteiger partial charge on any atom is 0.307 e. The highest BCUT2D eigenvalue weighted by molar-refractivity contribution is 9.10. The molecule has 0 unspecified atom stereocenters. The van der Waals surface area contributed by atoms with Gasteiger partial charge in [-0.2, -0.15) is 5.10 Å². The molecule has 34 heavy (non-hydrogen) atoms. The fourth-order valence-corrected chi connectivity index (χ4v) is 4.00. The molecule has 1 aromatic heterocycles. The fourth-order valence-electron chi connectivity index (χ4n) is 3.01. The number of benzene rings is 3. The molecule has 8 nitrogen and oxygen atoms in total. The first-order valence-corrected chi connectivity index (χ1v) is 11.2. The van der Waals surface area contributed by atoms with Crippen molar-refractivity contribution < 1.29 is 18.9 Å². The summed E-state index contributed by atoms with van der Waals surface area (Å²) < 4.78 is 12.1. The number of furan rings is 1. The van der Waals surface area contributed by atoms with Gasteiger partial charge in [-0.05, 0) is 59.7 Å². The van der Waals surface area contributed by atoms with E-state index in [1.165, 1.54) is 18.3 Å². The van der Waals surface area contributed by atoms with Gasteiger partial charge in [-0.25, -0.2) is 5.43 Å². The van der Waals surface area contributed by atoms with Gasteiger partial charge in [-0.1, -0.05) is 39.1 Å². The lowest BCUT2D eigenvalue weighted by Gasteiger charge is -2.11. The molecular weight excluding hydrogens is 549 g/mol. The average molecular weight is 563 g/mol. The largest absolute Gasteiger partial charge is 0.486 e. The van der Waals surface area contributed by atoms with Crippen molar-refractivity contribution in [3.05, 3.63) is 102 Å². The van der Waals surface area contributed by atoms with Crippen molar-refractivity contribution >= 4 is 67.9 Å². The molecule has 11 heteroatoms. The summed E-state index contributed by atoms with van der Waals surface area (Å²) in [4.78, 5) is 22.6. The predicted octanol–water partition coefficient (Wildman–Crippen LogP) is 6.75. The molecule has 3 aromatic carbocycles. The number of hydrogen-bond donors (Lipinski definition) is 1. The number of nitro groups is 1. The molecule has 1 amide bonds. The maximum absolute atomic E-state index is 12.3. The smallest absolute Gasteiger partial charge is 0.307 e. The highest BCUT2D eigenvalue weighted by Crippen LogP contribution is 2.34. The molecule has 0 bridgehead atoms. The number of nitrogens with one attached hydrogen (secondary N) is 1. The van der Waals surface area contributed by atoms with E-state index < -0.39 is 10.8 Å². The van der Waals surface area contributed by atoms with Gasteiger partial charge in [0.1, 0.15) is 12.2 Å². The molecule has 0 aliphatic rings. The summed E-state index contributed by atoms with van der Waals surface area (Å²) in [7, 11) is 0. The van der Waals surface area contributed by atoms with Gasteiger partial charge in [0.2, 0.25) is 0 Å². The first-order valence-electron chi connectivity index (χ1n) is 9.68. The molecular formula is C23H14BrCl2N3O5. The van der Waals surface area contributed by atoms with E-state index in [-0.39, 0.29) is 33.8 Å². The number of nitro benzene ring substituents is 1. The van der Waals surface area contributed by atoms with Crippen molar-refractivity contribution in [3.63, 3.8) is 0 Å². The second kappa shape index (κ2) is 10.3. The summed E-state index contributed by atoms with van der Waals surface area (Å²) in [5.74, 6) is -0.128. The van der Waals surface area contributed by atoms with Crippen LogP contribution in [0.4, 0.5) is 5.69 Å². The molecule has 0 atom stereocenters. The lowest BCUT2D eigenvalue weighted by molar-refractivity contribution is -0.384. The van der Waals surface area contributed by atoms with Crippen molar-refractivity contribution in [1.29, 1.82) is 0 Å². The Bertz CT molecular complexity index is 1400. The molecule has 0 aliphatic heterocycles. The minimum absolute atomic E-state index is 0.0102. The molecule has 1 heterocycles. The highest BCUT2D eigenvalue weighted by Gasteiger charge is 2.13. The van der Waals surface area contributed by atoms with E-state index >= 15 is 0 Å². The Hall–Kier alpha value is -3.40. The summed E-state index contributed by atoms with van der Waals surface area (Å²) in [6, 6.07) is 16.1. The van der Waals surface area contributed by atoms with Crippen LogP contribution in [0.1, 0.15) is 21.7 Å². The predicted molar refractivity (Wildman–Crippen MR) is 133 cm³/mol. The zero-order valence-corrected chi connectivity index (χ0v) is 20.2. The Balaban J connectivity index is 1.39. The van der Waals surface area contributed by atoms with Gasteiger partial charge in [0.05, 0.1) is 21.2 Å². The van der Waals surface area contributed by atoms with E-state index in [9.17, 15) is 14.9 Å².